The van der Waals surface area contributed by atoms with Gasteiger partial charge in [-0.15, -0.1) is 0 Å². The molecule has 6 heterocycles. The first kappa shape index (κ1) is 47.9. The SMILES string of the molecule is CC1(C)c2cc(-n3c4ccccc4c4ccccc43)ccc2N(O)c2ccc(-n3c4ccccc4c4ccccc43)cc21.ON1c2ccc(-n3c4ccccc4c4ccccc43)cc2Oc2cc(-n3c4ccccc4c4ccccc43)ccc21. The van der Waals surface area contributed by atoms with Crippen molar-refractivity contribution in [3.05, 3.63) is 278 Å². The topological polar surface area (TPSA) is 75.9 Å². The molecule has 2 aliphatic rings. The van der Waals surface area contributed by atoms with E-state index >= 15 is 0 Å². The minimum atomic E-state index is -0.368. The molecule has 0 amide bonds. The smallest absolute Gasteiger partial charge is 0.155 e. The molecule has 4 aromatic heterocycles. The molecule has 2 aliphatic heterocycles. The van der Waals surface area contributed by atoms with Crippen molar-refractivity contribution in [3.63, 3.8) is 0 Å². The fourth-order valence-corrected chi connectivity index (χ4v) is 13.8. The van der Waals surface area contributed by atoms with Gasteiger partial charge in [0.25, 0.3) is 0 Å². The minimum absolute atomic E-state index is 0.368. The van der Waals surface area contributed by atoms with E-state index in [-0.39, 0.29) is 5.41 Å². The van der Waals surface area contributed by atoms with Gasteiger partial charge in [-0.1, -0.05) is 159 Å². The van der Waals surface area contributed by atoms with Crippen molar-refractivity contribution in [3.8, 4) is 34.2 Å². The molecule has 12 aromatic carbocycles. The van der Waals surface area contributed by atoms with Crippen LogP contribution in [0.15, 0.2) is 267 Å². The summed E-state index contributed by atoms with van der Waals surface area (Å²) in [5.41, 5.74) is 17.9. The van der Waals surface area contributed by atoms with E-state index in [0.29, 0.717) is 22.9 Å². The van der Waals surface area contributed by atoms with Crippen LogP contribution in [-0.2, 0) is 5.41 Å². The van der Waals surface area contributed by atoms with Gasteiger partial charge in [-0.3, -0.25) is 10.4 Å². The van der Waals surface area contributed by atoms with E-state index in [4.69, 9.17) is 4.74 Å². The molecule has 0 unspecified atom stereocenters. The highest BCUT2D eigenvalue weighted by molar-refractivity contribution is 6.12. The first-order valence-corrected chi connectivity index (χ1v) is 28.5. The third-order valence-corrected chi connectivity index (χ3v) is 17.7. The number of aromatic nitrogens is 4. The number of para-hydroxylation sites is 8. The van der Waals surface area contributed by atoms with Gasteiger partial charge in [-0.2, -0.15) is 0 Å². The maximum Gasteiger partial charge on any atom is 0.155 e. The lowest BCUT2D eigenvalue weighted by molar-refractivity contribution is 0.285. The number of hydrogen-bond donors (Lipinski definition) is 2. The van der Waals surface area contributed by atoms with Crippen LogP contribution in [-0.4, -0.2) is 28.7 Å². The van der Waals surface area contributed by atoms with Crippen LogP contribution in [0.3, 0.4) is 0 Å². The van der Waals surface area contributed by atoms with Gasteiger partial charge in [-0.05, 0) is 120 Å². The van der Waals surface area contributed by atoms with Crippen molar-refractivity contribution in [2.45, 2.75) is 19.3 Å². The van der Waals surface area contributed by atoms with Crippen LogP contribution < -0.4 is 14.9 Å². The third-order valence-electron chi connectivity index (χ3n) is 17.7. The minimum Gasteiger partial charge on any atom is -0.453 e. The van der Waals surface area contributed by atoms with Crippen molar-refractivity contribution in [2.24, 2.45) is 0 Å². The summed E-state index contributed by atoms with van der Waals surface area (Å²) in [6.45, 7) is 4.53. The van der Waals surface area contributed by atoms with E-state index in [1.165, 1.54) is 75.3 Å². The lowest BCUT2D eigenvalue weighted by Gasteiger charge is -2.39. The second-order valence-corrected chi connectivity index (χ2v) is 22.5. The highest BCUT2D eigenvalue weighted by Crippen LogP contribution is 2.51. The van der Waals surface area contributed by atoms with Crippen LogP contribution >= 0.6 is 0 Å². The van der Waals surface area contributed by atoms with Crippen molar-refractivity contribution in [2.75, 3.05) is 10.1 Å². The van der Waals surface area contributed by atoms with Gasteiger partial charge >= 0.3 is 0 Å². The van der Waals surface area contributed by atoms with Crippen molar-refractivity contribution < 1.29 is 15.2 Å². The van der Waals surface area contributed by atoms with E-state index in [0.717, 1.165) is 67.3 Å². The Morgan fingerprint density at radius 3 is 0.738 bits per heavy atom. The van der Waals surface area contributed by atoms with Crippen LogP contribution in [0.5, 0.6) is 11.5 Å². The summed E-state index contributed by atoms with van der Waals surface area (Å²) in [6.07, 6.45) is 0. The zero-order chi connectivity index (χ0) is 55.9. The Hall–Kier alpha value is -10.8. The Labute approximate surface area is 482 Å². The van der Waals surface area contributed by atoms with Crippen molar-refractivity contribution in [1.82, 2.24) is 18.3 Å². The summed E-state index contributed by atoms with van der Waals surface area (Å²) in [6, 6.07) is 92.8. The third kappa shape index (κ3) is 6.91. The Bertz CT molecular complexity index is 4860. The van der Waals surface area contributed by atoms with Gasteiger partial charge in [0, 0.05) is 72.0 Å². The quantitative estimate of drug-likeness (QED) is 0.184. The van der Waals surface area contributed by atoms with E-state index in [9.17, 15) is 10.4 Å². The molecule has 400 valence electrons. The summed E-state index contributed by atoms with van der Waals surface area (Å²) < 4.78 is 15.7. The number of benzene rings is 12. The molecule has 2 N–H and O–H groups in total. The average Bonchev–Trinajstić information content (AvgIpc) is 1.94. The predicted molar refractivity (Wildman–Crippen MR) is 343 cm³/mol. The van der Waals surface area contributed by atoms with Crippen LogP contribution in [0.4, 0.5) is 22.7 Å². The van der Waals surface area contributed by atoms with Crippen LogP contribution in [0.25, 0.3) is 110 Å². The number of fused-ring (bicyclic) bond motifs is 16. The molecule has 0 saturated heterocycles. The van der Waals surface area contributed by atoms with Crippen molar-refractivity contribution >= 4 is 110 Å². The summed E-state index contributed by atoms with van der Waals surface area (Å²) in [7, 11) is 0. The van der Waals surface area contributed by atoms with Gasteiger partial charge < -0.3 is 23.0 Å². The van der Waals surface area contributed by atoms with Crippen LogP contribution in [0.1, 0.15) is 25.0 Å². The van der Waals surface area contributed by atoms with Gasteiger partial charge in [0.15, 0.2) is 11.5 Å². The van der Waals surface area contributed by atoms with Crippen LogP contribution in [0, 0.1) is 0 Å². The molecular weight excluding hydrogens is 1030 g/mol. The summed E-state index contributed by atoms with van der Waals surface area (Å²) in [4.78, 5) is 0. The Morgan fingerprint density at radius 2 is 0.476 bits per heavy atom. The summed E-state index contributed by atoms with van der Waals surface area (Å²) in [5.74, 6) is 1.19. The molecule has 0 fully saturated rings. The monoisotopic (exact) mass is 1080 g/mol. The van der Waals surface area contributed by atoms with Gasteiger partial charge in [0.2, 0.25) is 0 Å². The normalized spacial score (nSPS) is 13.4. The zero-order valence-electron chi connectivity index (χ0n) is 45.9. The molecule has 18 rings (SSSR count). The second kappa shape index (κ2) is 18.1. The van der Waals surface area contributed by atoms with Crippen LogP contribution in [0.2, 0.25) is 0 Å². The molecule has 16 aromatic rings. The number of rotatable bonds is 4. The summed E-state index contributed by atoms with van der Waals surface area (Å²) >= 11 is 0. The Balaban J connectivity index is 0.000000132. The highest BCUT2D eigenvalue weighted by atomic mass is 16.5. The van der Waals surface area contributed by atoms with Gasteiger partial charge in [-0.25, -0.2) is 10.1 Å². The molecule has 9 nitrogen and oxygen atoms in total. The molecule has 84 heavy (non-hydrogen) atoms. The number of nitrogens with zero attached hydrogens (tertiary/aromatic N) is 6. The van der Waals surface area contributed by atoms with E-state index in [2.05, 4.69) is 263 Å². The molecule has 0 bridgehead atoms. The average molecular weight is 1090 g/mol. The molecule has 0 radical (unpaired) electrons. The molecule has 0 spiro atoms. The lowest BCUT2D eigenvalue weighted by atomic mass is 9.74. The highest BCUT2D eigenvalue weighted by Gasteiger charge is 2.37. The number of anilines is 4. The fourth-order valence-electron chi connectivity index (χ4n) is 13.8. The van der Waals surface area contributed by atoms with E-state index < -0.39 is 0 Å². The molecule has 9 heteroatoms. The predicted octanol–water partition coefficient (Wildman–Crippen LogP) is 19.6. The first-order valence-electron chi connectivity index (χ1n) is 28.5. The molecule has 0 saturated carbocycles. The van der Waals surface area contributed by atoms with E-state index in [1.807, 2.05) is 36.4 Å². The second-order valence-electron chi connectivity index (χ2n) is 22.5. The lowest BCUT2D eigenvalue weighted by Crippen LogP contribution is -2.31. The molecule has 0 aliphatic carbocycles. The molecular formula is C75H52N6O3. The Kier molecular flexibility index (Phi) is 10.3. The van der Waals surface area contributed by atoms with E-state index in [1.54, 1.807) is 0 Å². The summed E-state index contributed by atoms with van der Waals surface area (Å²) in [5, 5.41) is 35.2. The standard InChI is InChI=1S/C39H29N3O.C36H23N3O2/c1-39(2)31-23-25(40-33-15-7-3-11-27(33)28-12-4-8-16-34(28)40)19-21-37(31)42(43)38-22-20-26(24-32(38)39)41-35-17-9-5-13-29(35)30-14-6-10-18-36(30)41;40-39-33-19-17-23(37-29-13-5-1-9-25(29)26-10-2-6-14-30(26)37)21-35(33)41-36-22-24(18-20-34(36)39)38-31-15-7-3-11-27(31)28-12-4-8-16-32(28)38/h3-24,43H,1-2H3;1-22,40H. The zero-order valence-corrected chi connectivity index (χ0v) is 45.9. The van der Waals surface area contributed by atoms with Crippen molar-refractivity contribution in [1.29, 1.82) is 0 Å². The maximum atomic E-state index is 11.6. The Morgan fingerprint density at radius 1 is 0.262 bits per heavy atom. The maximum absolute atomic E-state index is 11.6. The first-order chi connectivity index (χ1) is 41.3. The number of hydrogen-bond acceptors (Lipinski definition) is 5. The van der Waals surface area contributed by atoms with Gasteiger partial charge in [0.05, 0.1) is 66.9 Å². The molecule has 0 atom stereocenters. The van der Waals surface area contributed by atoms with Gasteiger partial charge in [0.1, 0.15) is 11.4 Å². The number of ether oxygens (including phenoxy) is 1. The fraction of sp³-hybridized carbons (Fsp3) is 0.0400. The largest absolute Gasteiger partial charge is 0.453 e.